The minimum Gasteiger partial charge on any atom is -0.368 e. The van der Waals surface area contributed by atoms with Crippen LogP contribution < -0.4 is 15.3 Å². The average molecular weight is 411 g/mol. The minimum atomic E-state index is -4.39. The second-order valence-electron chi connectivity index (χ2n) is 6.44. The lowest BCUT2D eigenvalue weighted by atomic mass is 10.1. The summed E-state index contributed by atoms with van der Waals surface area (Å²) in [5.74, 6) is -0.827. The minimum absolute atomic E-state index is 0.00968. The van der Waals surface area contributed by atoms with Crippen LogP contribution in [0.3, 0.4) is 0 Å². The summed E-state index contributed by atoms with van der Waals surface area (Å²) in [6.07, 6.45) is -4.39. The summed E-state index contributed by atoms with van der Waals surface area (Å²) >= 11 is 0. The molecular formula is C18H18F3N4O4+. The van der Waals surface area contributed by atoms with Crippen molar-refractivity contribution in [3.8, 4) is 0 Å². The van der Waals surface area contributed by atoms with Gasteiger partial charge in [-0.2, -0.15) is 13.2 Å². The summed E-state index contributed by atoms with van der Waals surface area (Å²) in [4.78, 5) is 26.4. The summed E-state index contributed by atoms with van der Waals surface area (Å²) < 4.78 is 38.1. The normalized spacial score (nSPS) is 14.6. The molecule has 3 N–H and O–H groups in total. The zero-order valence-corrected chi connectivity index (χ0v) is 15.1. The predicted molar refractivity (Wildman–Crippen MR) is 96.6 cm³/mol. The summed E-state index contributed by atoms with van der Waals surface area (Å²) in [5, 5.41) is 18.1. The van der Waals surface area contributed by atoms with E-state index in [1.54, 1.807) is 0 Å². The monoisotopic (exact) mass is 411 g/mol. The highest BCUT2D eigenvalue weighted by molar-refractivity contribution is 5.95. The number of carbonyl (C=O) groups is 1. The topological polar surface area (TPSA) is 96.1 Å². The van der Waals surface area contributed by atoms with Crippen molar-refractivity contribution in [2.45, 2.75) is 6.18 Å². The Morgan fingerprint density at radius 2 is 1.59 bits per heavy atom. The van der Waals surface area contributed by atoms with Crippen LogP contribution in [-0.2, 0) is 6.18 Å². The van der Waals surface area contributed by atoms with Crippen molar-refractivity contribution < 1.29 is 33.3 Å². The molecule has 2 aromatic rings. The molecule has 1 amide bonds. The SMILES string of the molecule is O=C(NO)c1ccc(N2CCN(c3ccc(C(F)(F)F)cc3)CC2)c([N+](=O)O)c1. The Bertz CT molecular complexity index is 910. The predicted octanol–water partition coefficient (Wildman–Crippen LogP) is 2.95. The molecule has 1 heterocycles. The first-order valence-electron chi connectivity index (χ1n) is 8.62. The number of anilines is 2. The Labute approximate surface area is 163 Å². The maximum absolute atomic E-state index is 12.7. The number of amides is 1. The maximum Gasteiger partial charge on any atom is 0.416 e. The number of hydrogen-bond acceptors (Lipinski definition) is 5. The third-order valence-electron chi connectivity index (χ3n) is 4.73. The van der Waals surface area contributed by atoms with E-state index in [1.807, 2.05) is 9.80 Å². The molecule has 0 spiro atoms. The number of rotatable bonds is 4. The smallest absolute Gasteiger partial charge is 0.368 e. The van der Waals surface area contributed by atoms with Crippen LogP contribution in [0.15, 0.2) is 42.5 Å². The number of nitrogens with zero attached hydrogens (tertiary/aromatic N) is 3. The molecule has 0 unspecified atom stereocenters. The first kappa shape index (κ1) is 20.4. The average Bonchev–Trinajstić information content (AvgIpc) is 2.72. The van der Waals surface area contributed by atoms with Gasteiger partial charge in [-0.05, 0) is 36.4 Å². The van der Waals surface area contributed by atoms with E-state index in [-0.39, 0.29) is 16.2 Å². The van der Waals surface area contributed by atoms with Gasteiger partial charge in [-0.25, -0.2) is 10.7 Å². The molecule has 0 bridgehead atoms. The summed E-state index contributed by atoms with van der Waals surface area (Å²) in [5.41, 5.74) is 1.62. The van der Waals surface area contributed by atoms with Gasteiger partial charge in [0.05, 0.1) is 10.5 Å². The van der Waals surface area contributed by atoms with Crippen molar-refractivity contribution in [1.29, 1.82) is 0 Å². The van der Waals surface area contributed by atoms with Crippen LogP contribution in [0.4, 0.5) is 30.2 Å². The van der Waals surface area contributed by atoms with Crippen LogP contribution in [0, 0.1) is 4.91 Å². The highest BCUT2D eigenvalue weighted by atomic mass is 19.4. The lowest BCUT2D eigenvalue weighted by Gasteiger charge is -2.37. The van der Waals surface area contributed by atoms with Gasteiger partial charge < -0.3 is 9.80 Å². The molecule has 8 nitrogen and oxygen atoms in total. The molecule has 3 rings (SSSR count). The number of halogens is 3. The molecule has 29 heavy (non-hydrogen) atoms. The van der Waals surface area contributed by atoms with E-state index in [2.05, 4.69) is 0 Å². The number of alkyl halides is 3. The lowest BCUT2D eigenvalue weighted by molar-refractivity contribution is -0.729. The van der Waals surface area contributed by atoms with E-state index in [1.165, 1.54) is 29.7 Å². The van der Waals surface area contributed by atoms with Crippen LogP contribution in [0.5, 0.6) is 0 Å². The lowest BCUT2D eigenvalue weighted by Crippen LogP contribution is -2.46. The Balaban J connectivity index is 1.73. The Hall–Kier alpha value is -3.34. The van der Waals surface area contributed by atoms with E-state index in [9.17, 15) is 28.1 Å². The Kier molecular flexibility index (Phi) is 5.59. The fourth-order valence-electron chi connectivity index (χ4n) is 3.22. The van der Waals surface area contributed by atoms with E-state index >= 15 is 0 Å². The van der Waals surface area contributed by atoms with Crippen LogP contribution in [0.1, 0.15) is 15.9 Å². The molecule has 1 fully saturated rings. The number of piperazine rings is 1. The summed E-state index contributed by atoms with van der Waals surface area (Å²) in [6, 6.07) is 8.93. The van der Waals surface area contributed by atoms with Crippen LogP contribution in [0.25, 0.3) is 0 Å². The number of benzene rings is 2. The van der Waals surface area contributed by atoms with Crippen molar-refractivity contribution in [1.82, 2.24) is 5.48 Å². The molecule has 154 valence electrons. The summed E-state index contributed by atoms with van der Waals surface area (Å²) in [6.45, 7) is 1.84. The zero-order valence-electron chi connectivity index (χ0n) is 15.1. The van der Waals surface area contributed by atoms with Crippen molar-refractivity contribution >= 4 is 23.0 Å². The van der Waals surface area contributed by atoms with Gasteiger partial charge in [0.25, 0.3) is 10.8 Å². The first-order chi connectivity index (χ1) is 13.7. The van der Waals surface area contributed by atoms with Gasteiger partial charge in [-0.15, -0.1) is 0 Å². The molecule has 1 aliphatic heterocycles. The third-order valence-corrected chi connectivity index (χ3v) is 4.73. The van der Waals surface area contributed by atoms with Crippen molar-refractivity contribution in [2.24, 2.45) is 0 Å². The van der Waals surface area contributed by atoms with Crippen LogP contribution in [0.2, 0.25) is 0 Å². The molecule has 11 heteroatoms. The van der Waals surface area contributed by atoms with E-state index < -0.39 is 17.6 Å². The zero-order chi connectivity index (χ0) is 21.2. The fraction of sp³-hybridized carbons (Fsp3) is 0.278. The number of nitrogens with one attached hydrogen (secondary N) is 1. The van der Waals surface area contributed by atoms with Crippen molar-refractivity contribution in [3.05, 3.63) is 58.5 Å². The summed E-state index contributed by atoms with van der Waals surface area (Å²) in [7, 11) is 0. The van der Waals surface area contributed by atoms with Crippen LogP contribution >= 0.6 is 0 Å². The standard InChI is InChI=1S/C18H17F3N4O4/c19-18(20,21)13-2-4-14(5-3-13)23-7-9-24(10-8-23)15-6-1-12(17(26)22-27)11-16(15)25(28)29/h1-6,11H,7-10H2,(H2-,22,26,27,28,29)/p+1. The maximum atomic E-state index is 12.7. The quantitative estimate of drug-likeness (QED) is 0.529. The van der Waals surface area contributed by atoms with E-state index in [0.717, 1.165) is 18.2 Å². The van der Waals surface area contributed by atoms with Gasteiger partial charge in [0.1, 0.15) is 5.69 Å². The van der Waals surface area contributed by atoms with Crippen LogP contribution in [-0.4, -0.2) is 47.4 Å². The van der Waals surface area contributed by atoms with Gasteiger partial charge in [0, 0.05) is 43.5 Å². The van der Waals surface area contributed by atoms with E-state index in [0.29, 0.717) is 37.6 Å². The molecule has 0 saturated carbocycles. The Morgan fingerprint density at radius 1 is 1.00 bits per heavy atom. The first-order valence-corrected chi connectivity index (χ1v) is 8.62. The molecule has 0 atom stereocenters. The second kappa shape index (κ2) is 7.95. The number of hydrogen-bond donors (Lipinski definition) is 3. The number of hydroxylamine groups is 1. The molecule has 0 aliphatic carbocycles. The van der Waals surface area contributed by atoms with Crippen molar-refractivity contribution in [2.75, 3.05) is 36.0 Å². The van der Waals surface area contributed by atoms with Gasteiger partial charge in [-0.3, -0.25) is 10.0 Å². The van der Waals surface area contributed by atoms with Crippen molar-refractivity contribution in [3.63, 3.8) is 0 Å². The van der Waals surface area contributed by atoms with Gasteiger partial charge >= 0.3 is 11.9 Å². The number of carbonyl (C=O) groups excluding carboxylic acids is 1. The molecular weight excluding hydrogens is 393 g/mol. The molecule has 0 aromatic heterocycles. The molecule has 2 aromatic carbocycles. The third kappa shape index (κ3) is 4.40. The largest absolute Gasteiger partial charge is 0.416 e. The molecule has 1 aliphatic rings. The van der Waals surface area contributed by atoms with Gasteiger partial charge in [0.2, 0.25) is 0 Å². The molecule has 1 saturated heterocycles. The van der Waals surface area contributed by atoms with Gasteiger partial charge in [0.15, 0.2) is 0 Å². The van der Waals surface area contributed by atoms with Gasteiger partial charge in [-0.1, -0.05) is 0 Å². The highest BCUT2D eigenvalue weighted by Gasteiger charge is 2.31. The second-order valence-corrected chi connectivity index (χ2v) is 6.44. The highest BCUT2D eigenvalue weighted by Crippen LogP contribution is 2.32. The van der Waals surface area contributed by atoms with E-state index in [4.69, 9.17) is 5.21 Å². The molecule has 0 radical (unpaired) electrons. The fourth-order valence-corrected chi connectivity index (χ4v) is 3.22. The Morgan fingerprint density at radius 3 is 2.10 bits per heavy atom.